The molecule has 3 fully saturated rings. The molecule has 3 rings (SSSR count). The van der Waals surface area contributed by atoms with Crippen molar-refractivity contribution in [2.75, 3.05) is 19.6 Å². The number of rotatable bonds is 3. The van der Waals surface area contributed by atoms with Gasteiger partial charge in [-0.2, -0.15) is 0 Å². The Labute approximate surface area is 124 Å². The molecule has 0 aromatic heterocycles. The van der Waals surface area contributed by atoms with E-state index in [1.807, 2.05) is 0 Å². The zero-order valence-corrected chi connectivity index (χ0v) is 14.0. The summed E-state index contributed by atoms with van der Waals surface area (Å²) in [7, 11) is 0. The van der Waals surface area contributed by atoms with Crippen LogP contribution in [0.3, 0.4) is 0 Å². The van der Waals surface area contributed by atoms with Gasteiger partial charge in [0.15, 0.2) is 0 Å². The first-order chi connectivity index (χ1) is 9.20. The van der Waals surface area contributed by atoms with E-state index < -0.39 is 0 Å². The maximum atomic E-state index is 6.25. The summed E-state index contributed by atoms with van der Waals surface area (Å²) in [5.74, 6) is 0.889. The van der Waals surface area contributed by atoms with E-state index in [1.165, 1.54) is 25.7 Å². The molecule has 3 nitrogen and oxygen atoms in total. The molecule has 3 aliphatic rings. The van der Waals surface area contributed by atoms with E-state index >= 15 is 0 Å². The standard InChI is InChI=1S/C17H32N2O/c1-15(2)12-19(10-14-8-9-16(3,4)20-14)17(5,11-18-15)13-6-7-13/h13-14,18H,6-12H2,1-5H3. The Morgan fingerprint density at radius 2 is 1.80 bits per heavy atom. The second kappa shape index (κ2) is 4.69. The molecule has 0 radical (unpaired) electrons. The second-order valence-electron chi connectivity index (χ2n) is 8.79. The van der Waals surface area contributed by atoms with Gasteiger partial charge in [0.05, 0.1) is 11.7 Å². The number of hydrogen-bond donors (Lipinski definition) is 1. The molecule has 2 unspecified atom stereocenters. The first-order valence-electron chi connectivity index (χ1n) is 8.38. The number of nitrogens with zero attached hydrogens (tertiary/aromatic N) is 1. The fraction of sp³-hybridized carbons (Fsp3) is 1.00. The Kier molecular flexibility index (Phi) is 3.47. The van der Waals surface area contributed by atoms with Crippen LogP contribution in [0.25, 0.3) is 0 Å². The number of hydrogen-bond acceptors (Lipinski definition) is 3. The summed E-state index contributed by atoms with van der Waals surface area (Å²) in [6.45, 7) is 15.0. The lowest BCUT2D eigenvalue weighted by molar-refractivity contribution is -0.0633. The van der Waals surface area contributed by atoms with Crippen LogP contribution in [0.4, 0.5) is 0 Å². The molecule has 2 atom stereocenters. The van der Waals surface area contributed by atoms with Crippen LogP contribution < -0.4 is 5.32 Å². The summed E-state index contributed by atoms with van der Waals surface area (Å²) >= 11 is 0. The van der Waals surface area contributed by atoms with Crippen molar-refractivity contribution in [1.29, 1.82) is 0 Å². The van der Waals surface area contributed by atoms with Crippen LogP contribution in [0.5, 0.6) is 0 Å². The molecule has 2 saturated heterocycles. The van der Waals surface area contributed by atoms with Gasteiger partial charge in [-0.3, -0.25) is 4.90 Å². The minimum Gasteiger partial charge on any atom is -0.371 e. The molecule has 20 heavy (non-hydrogen) atoms. The van der Waals surface area contributed by atoms with E-state index in [0.29, 0.717) is 11.6 Å². The fourth-order valence-electron chi connectivity index (χ4n) is 4.08. The van der Waals surface area contributed by atoms with Crippen molar-refractivity contribution in [2.45, 2.75) is 83.1 Å². The highest BCUT2D eigenvalue weighted by atomic mass is 16.5. The highest BCUT2D eigenvalue weighted by Crippen LogP contribution is 2.45. The largest absolute Gasteiger partial charge is 0.371 e. The van der Waals surface area contributed by atoms with Gasteiger partial charge < -0.3 is 10.1 Å². The van der Waals surface area contributed by atoms with Crippen molar-refractivity contribution >= 4 is 0 Å². The van der Waals surface area contributed by atoms with Gasteiger partial charge in [0.1, 0.15) is 0 Å². The van der Waals surface area contributed by atoms with Gasteiger partial charge in [0.2, 0.25) is 0 Å². The molecule has 1 saturated carbocycles. The van der Waals surface area contributed by atoms with Crippen LogP contribution in [0.15, 0.2) is 0 Å². The fourth-order valence-corrected chi connectivity index (χ4v) is 4.08. The van der Waals surface area contributed by atoms with E-state index in [9.17, 15) is 0 Å². The molecule has 0 aromatic rings. The Hall–Kier alpha value is -0.120. The lowest BCUT2D eigenvalue weighted by Gasteiger charge is -2.52. The van der Waals surface area contributed by atoms with E-state index in [4.69, 9.17) is 4.74 Å². The van der Waals surface area contributed by atoms with Crippen molar-refractivity contribution < 1.29 is 4.74 Å². The molecule has 116 valence electrons. The number of ether oxygens (including phenoxy) is 1. The van der Waals surface area contributed by atoms with Crippen LogP contribution in [0, 0.1) is 5.92 Å². The minimum absolute atomic E-state index is 0.0875. The highest BCUT2D eigenvalue weighted by Gasteiger charge is 2.50. The van der Waals surface area contributed by atoms with Crippen LogP contribution in [-0.4, -0.2) is 47.3 Å². The Bertz CT molecular complexity index is 375. The molecule has 1 N–H and O–H groups in total. The normalized spacial score (nSPS) is 41.0. The minimum atomic E-state index is 0.0875. The van der Waals surface area contributed by atoms with Gasteiger partial charge in [-0.05, 0) is 66.2 Å². The summed E-state index contributed by atoms with van der Waals surface area (Å²) in [5, 5.41) is 3.76. The summed E-state index contributed by atoms with van der Waals surface area (Å²) < 4.78 is 6.25. The molecule has 3 heteroatoms. The van der Waals surface area contributed by atoms with Gasteiger partial charge >= 0.3 is 0 Å². The molecular formula is C17H32N2O. The van der Waals surface area contributed by atoms with Crippen molar-refractivity contribution in [3.05, 3.63) is 0 Å². The summed E-state index contributed by atoms with van der Waals surface area (Å²) in [6.07, 6.45) is 5.67. The second-order valence-corrected chi connectivity index (χ2v) is 8.79. The van der Waals surface area contributed by atoms with Crippen LogP contribution in [0.1, 0.15) is 60.3 Å². The van der Waals surface area contributed by atoms with Gasteiger partial charge in [0.25, 0.3) is 0 Å². The summed E-state index contributed by atoms with van der Waals surface area (Å²) in [6, 6.07) is 0. The molecular weight excluding hydrogens is 248 g/mol. The molecule has 0 bridgehead atoms. The lowest BCUT2D eigenvalue weighted by Crippen LogP contribution is -2.69. The number of piperazine rings is 1. The third-order valence-corrected chi connectivity index (χ3v) is 5.67. The van der Waals surface area contributed by atoms with Crippen molar-refractivity contribution in [1.82, 2.24) is 10.2 Å². The average Bonchev–Trinajstić information content (AvgIpc) is 3.11. The topological polar surface area (TPSA) is 24.5 Å². The molecule has 1 aliphatic carbocycles. The zero-order valence-electron chi connectivity index (χ0n) is 14.0. The average molecular weight is 280 g/mol. The lowest BCUT2D eigenvalue weighted by atomic mass is 9.85. The van der Waals surface area contributed by atoms with Crippen LogP contribution in [-0.2, 0) is 4.74 Å². The third-order valence-electron chi connectivity index (χ3n) is 5.67. The Balaban J connectivity index is 1.70. The molecule has 2 heterocycles. The predicted molar refractivity (Wildman–Crippen MR) is 83.0 cm³/mol. The third kappa shape index (κ3) is 2.90. The van der Waals surface area contributed by atoms with E-state index in [0.717, 1.165) is 25.6 Å². The SMILES string of the molecule is CC1(C)CN(CC2CCC(C)(C)O2)C(C)(C2CC2)CN1. The maximum absolute atomic E-state index is 6.25. The van der Waals surface area contributed by atoms with Crippen molar-refractivity contribution in [3.8, 4) is 0 Å². The quantitative estimate of drug-likeness (QED) is 0.860. The van der Waals surface area contributed by atoms with Crippen LogP contribution >= 0.6 is 0 Å². The predicted octanol–water partition coefficient (Wildman–Crippen LogP) is 2.80. The monoisotopic (exact) mass is 280 g/mol. The molecule has 0 amide bonds. The van der Waals surface area contributed by atoms with Crippen molar-refractivity contribution in [2.24, 2.45) is 5.92 Å². The molecule has 0 spiro atoms. The van der Waals surface area contributed by atoms with E-state index in [1.54, 1.807) is 0 Å². The van der Waals surface area contributed by atoms with Crippen LogP contribution in [0.2, 0.25) is 0 Å². The first-order valence-corrected chi connectivity index (χ1v) is 8.38. The van der Waals surface area contributed by atoms with Crippen molar-refractivity contribution in [3.63, 3.8) is 0 Å². The maximum Gasteiger partial charge on any atom is 0.0710 e. The van der Waals surface area contributed by atoms with E-state index in [2.05, 4.69) is 44.8 Å². The van der Waals surface area contributed by atoms with Gasteiger partial charge in [0, 0.05) is 30.7 Å². The van der Waals surface area contributed by atoms with E-state index in [-0.39, 0.29) is 11.1 Å². The first kappa shape index (κ1) is 14.8. The highest BCUT2D eigenvalue weighted by molar-refractivity contribution is 5.07. The van der Waals surface area contributed by atoms with Gasteiger partial charge in [-0.15, -0.1) is 0 Å². The molecule has 0 aromatic carbocycles. The smallest absolute Gasteiger partial charge is 0.0710 e. The summed E-state index contributed by atoms with van der Waals surface area (Å²) in [5.41, 5.74) is 0.651. The molecule has 2 aliphatic heterocycles. The Morgan fingerprint density at radius 1 is 1.10 bits per heavy atom. The van der Waals surface area contributed by atoms with Gasteiger partial charge in [-0.25, -0.2) is 0 Å². The number of nitrogens with one attached hydrogen (secondary N) is 1. The van der Waals surface area contributed by atoms with Gasteiger partial charge in [-0.1, -0.05) is 0 Å². The zero-order chi connectivity index (χ0) is 14.6. The summed E-state index contributed by atoms with van der Waals surface area (Å²) in [4.78, 5) is 2.74. The Morgan fingerprint density at radius 3 is 2.35 bits per heavy atom.